The van der Waals surface area contributed by atoms with Gasteiger partial charge in [-0.1, -0.05) is 71.7 Å². The lowest BCUT2D eigenvalue weighted by atomic mass is 9.86. The quantitative estimate of drug-likeness (QED) is 0.0509. The van der Waals surface area contributed by atoms with Gasteiger partial charge in [0.15, 0.2) is 35.0 Å². The van der Waals surface area contributed by atoms with Crippen LogP contribution in [-0.2, 0) is 34.3 Å². The van der Waals surface area contributed by atoms with Crippen molar-refractivity contribution in [1.82, 2.24) is 24.9 Å². The Morgan fingerprint density at radius 2 is 1.65 bits per heavy atom. The van der Waals surface area contributed by atoms with Gasteiger partial charge in [0, 0.05) is 37.9 Å². The minimum absolute atomic E-state index is 0.0149. The van der Waals surface area contributed by atoms with Crippen LogP contribution in [0.15, 0.2) is 91.3 Å². The van der Waals surface area contributed by atoms with E-state index in [0.717, 1.165) is 68.8 Å². The average molecular weight is 1010 g/mol. The molecule has 4 atom stereocenters. The smallest absolute Gasteiger partial charge is 0.408 e. The van der Waals surface area contributed by atoms with Crippen LogP contribution in [0.4, 0.5) is 13.6 Å². The first kappa shape index (κ1) is 48.2. The number of carbonyl (C=O) groups is 3. The summed E-state index contributed by atoms with van der Waals surface area (Å²) in [6.45, 7) is 0.243. The molecule has 3 aromatic carbocycles. The highest BCUT2D eigenvalue weighted by Gasteiger charge is 2.40. The number of amides is 2. The molecule has 1 aliphatic carbocycles. The van der Waals surface area contributed by atoms with Crippen molar-refractivity contribution in [2.24, 2.45) is 18.9 Å². The van der Waals surface area contributed by atoms with E-state index in [-0.39, 0.29) is 65.4 Å². The summed E-state index contributed by atoms with van der Waals surface area (Å²) < 4.78 is 57.8. The number of hydrogen-bond acceptors (Lipinski definition) is 12. The normalized spacial score (nSPS) is 20.6. The number of esters is 1. The lowest BCUT2D eigenvalue weighted by molar-refractivity contribution is -0.605. The minimum Gasteiger partial charge on any atom is -0.619 e. The maximum absolute atomic E-state index is 14.2. The van der Waals surface area contributed by atoms with E-state index in [9.17, 15) is 28.4 Å². The molecule has 2 amide bonds. The number of alkyl carbamates (subject to hydrolysis) is 1. The molecule has 15 nitrogen and oxygen atoms in total. The number of rotatable bonds is 18. The van der Waals surface area contributed by atoms with Gasteiger partial charge in [0.05, 0.1) is 18.3 Å². The predicted molar refractivity (Wildman–Crippen MR) is 251 cm³/mol. The molecule has 2 bridgehead atoms. The Balaban J connectivity index is 0.884. The molecule has 0 radical (unpaired) electrons. The number of nitrogens with one attached hydrogen (secondary N) is 1. The lowest BCUT2D eigenvalue weighted by Gasteiger charge is -2.43. The number of ether oxygens (including phenoxy) is 5. The van der Waals surface area contributed by atoms with Crippen molar-refractivity contribution >= 4 is 52.9 Å². The summed E-state index contributed by atoms with van der Waals surface area (Å²) in [5.74, 6) is 0.153. The molecule has 364 valence electrons. The zero-order valence-corrected chi connectivity index (χ0v) is 39.8. The standard InChI is InChI=1S/C49H50Cl2F2N6O9S/c1-56-34(28-64-35-9-5-8-33(20-35)44(31-6-3-2-4-7-31)54-49(62)68-43-26-57-16-14-30(43)15-17-57)22-39(55-56)45(60)59-18-19-69-46(59)47(61)66-41(23-36-37(50)24-58(63)25-38(36)51)32-12-13-40(67-48(52)53)42(21-32)65-27-29-10-11-29/h2-9,12-13,20-22,24-25,29-30,41,43-44,46,48H,10-11,14-19,23,26-28H2,1H3,(H,54,62)/t41-,43-,44-,46-/m0/s1. The molecule has 1 saturated carbocycles. The summed E-state index contributed by atoms with van der Waals surface area (Å²) in [6.07, 6.45) is 4.29. The van der Waals surface area contributed by atoms with Crippen molar-refractivity contribution in [1.29, 1.82) is 0 Å². The fraction of sp³-hybridized carbons (Fsp3) is 0.408. The number of hydrogen-bond donors (Lipinski definition) is 1. The molecule has 4 aliphatic heterocycles. The van der Waals surface area contributed by atoms with Gasteiger partial charge in [0.1, 0.15) is 34.6 Å². The molecular formula is C49H50Cl2F2N6O9S. The Labute approximate surface area is 411 Å². The van der Waals surface area contributed by atoms with Gasteiger partial charge in [0.2, 0.25) is 0 Å². The third-order valence-electron chi connectivity index (χ3n) is 12.8. The van der Waals surface area contributed by atoms with Gasteiger partial charge in [-0.25, -0.2) is 9.59 Å². The third-order valence-corrected chi connectivity index (χ3v) is 14.6. The maximum atomic E-state index is 14.2. The minimum atomic E-state index is -3.11. The number of piperidine rings is 3. The summed E-state index contributed by atoms with van der Waals surface area (Å²) >= 11 is 14.1. The van der Waals surface area contributed by atoms with Crippen LogP contribution in [0.25, 0.3) is 0 Å². The summed E-state index contributed by atoms with van der Waals surface area (Å²) in [4.78, 5) is 45.5. The fourth-order valence-corrected chi connectivity index (χ4v) is 10.6. The van der Waals surface area contributed by atoms with Crippen molar-refractivity contribution in [2.75, 3.05) is 38.5 Å². The second-order valence-corrected chi connectivity index (χ2v) is 19.6. The number of thioether (sulfide) groups is 1. The summed E-state index contributed by atoms with van der Waals surface area (Å²) in [6, 6.07) is 22.4. The Hall–Kier alpha value is -5.82. The number of alkyl halides is 2. The van der Waals surface area contributed by atoms with Crippen LogP contribution in [0, 0.1) is 17.0 Å². The number of benzene rings is 3. The maximum Gasteiger partial charge on any atom is 0.408 e. The second-order valence-electron chi connectivity index (χ2n) is 17.6. The fourth-order valence-electron chi connectivity index (χ4n) is 8.91. The Morgan fingerprint density at radius 3 is 2.36 bits per heavy atom. The van der Waals surface area contributed by atoms with Crippen LogP contribution in [-0.4, -0.2) is 94.2 Å². The molecule has 1 N–H and O–H groups in total. The van der Waals surface area contributed by atoms with Crippen molar-refractivity contribution < 1.29 is 51.6 Å². The first-order valence-corrected chi connectivity index (χ1v) is 24.6. The molecule has 20 heteroatoms. The molecule has 0 unspecified atom stereocenters. The van der Waals surface area contributed by atoms with E-state index in [2.05, 4.69) is 15.3 Å². The van der Waals surface area contributed by atoms with Gasteiger partial charge in [-0.15, -0.1) is 11.8 Å². The van der Waals surface area contributed by atoms with E-state index in [1.54, 1.807) is 19.2 Å². The highest BCUT2D eigenvalue weighted by molar-refractivity contribution is 8.00. The first-order valence-electron chi connectivity index (χ1n) is 22.8. The van der Waals surface area contributed by atoms with Crippen LogP contribution in [0.2, 0.25) is 10.0 Å². The number of fused-ring (bicyclic) bond motifs is 3. The van der Waals surface area contributed by atoms with Crippen molar-refractivity contribution in [3.63, 3.8) is 0 Å². The van der Waals surface area contributed by atoms with Gasteiger partial charge in [-0.2, -0.15) is 18.6 Å². The lowest BCUT2D eigenvalue weighted by Crippen LogP contribution is -2.52. The van der Waals surface area contributed by atoms with E-state index < -0.39 is 42.1 Å². The molecule has 6 heterocycles. The van der Waals surface area contributed by atoms with E-state index in [0.29, 0.717) is 39.0 Å². The van der Waals surface area contributed by atoms with Gasteiger partial charge in [-0.05, 0) is 97.6 Å². The number of aryl methyl sites for hydroxylation is 1. The number of halogens is 4. The van der Waals surface area contributed by atoms with Gasteiger partial charge in [0.25, 0.3) is 5.91 Å². The third kappa shape index (κ3) is 11.8. The Bertz CT molecular complexity index is 2630. The zero-order valence-electron chi connectivity index (χ0n) is 37.5. The van der Waals surface area contributed by atoms with Gasteiger partial charge in [-0.3, -0.25) is 14.4 Å². The number of carbonyl (C=O) groups excluding carboxylic acids is 3. The number of nitrogens with zero attached hydrogens (tertiary/aromatic N) is 5. The van der Waals surface area contributed by atoms with Crippen LogP contribution >= 0.6 is 35.0 Å². The Morgan fingerprint density at radius 1 is 0.899 bits per heavy atom. The number of pyridine rings is 1. The molecule has 0 spiro atoms. The summed E-state index contributed by atoms with van der Waals surface area (Å²) in [5.41, 5.74) is 2.95. The largest absolute Gasteiger partial charge is 0.619 e. The van der Waals surface area contributed by atoms with Crippen molar-refractivity contribution in [3.8, 4) is 17.2 Å². The average Bonchev–Trinajstić information content (AvgIpc) is 3.90. The van der Waals surface area contributed by atoms with E-state index in [1.807, 2.05) is 48.5 Å². The van der Waals surface area contributed by atoms with Crippen molar-refractivity contribution in [3.05, 3.63) is 140 Å². The SMILES string of the molecule is Cn1nc(C(=O)N2CCS[C@H]2C(=O)O[C@@H](Cc2c(Cl)c[n+]([O-])cc2Cl)c2ccc(OC(F)F)c(OCC3CC3)c2)cc1COc1cccc([C@@H](NC(=O)O[C@H]2CN3CCC2CC3)c2ccccc2)c1. The molecule has 69 heavy (non-hydrogen) atoms. The zero-order chi connectivity index (χ0) is 48.2. The predicted octanol–water partition coefficient (Wildman–Crippen LogP) is 8.28. The molecule has 5 fully saturated rings. The monoisotopic (exact) mass is 1010 g/mol. The van der Waals surface area contributed by atoms with Crippen LogP contribution in [0.1, 0.15) is 76.3 Å². The molecule has 5 aromatic rings. The summed E-state index contributed by atoms with van der Waals surface area (Å²) in [7, 11) is 1.69. The van der Waals surface area contributed by atoms with Crippen molar-refractivity contribution in [2.45, 2.75) is 68.9 Å². The van der Waals surface area contributed by atoms with E-state index in [4.69, 9.17) is 46.9 Å². The van der Waals surface area contributed by atoms with Crippen LogP contribution < -0.4 is 24.3 Å². The number of aromatic nitrogens is 3. The van der Waals surface area contributed by atoms with Gasteiger partial charge >= 0.3 is 18.7 Å². The highest BCUT2D eigenvalue weighted by atomic mass is 35.5. The second kappa shape index (κ2) is 21.4. The Kier molecular flexibility index (Phi) is 15.0. The van der Waals surface area contributed by atoms with E-state index in [1.165, 1.54) is 39.5 Å². The highest BCUT2D eigenvalue weighted by Crippen LogP contribution is 2.39. The molecule has 10 rings (SSSR count). The molecule has 5 aliphatic rings. The van der Waals surface area contributed by atoms with Gasteiger partial charge < -0.3 is 39.1 Å². The first-order chi connectivity index (χ1) is 33.3. The molecular weight excluding hydrogens is 958 g/mol. The van der Waals surface area contributed by atoms with Crippen LogP contribution in [0.5, 0.6) is 17.2 Å². The molecule has 4 saturated heterocycles. The van der Waals surface area contributed by atoms with Crippen LogP contribution in [0.3, 0.4) is 0 Å². The summed E-state index contributed by atoms with van der Waals surface area (Å²) in [5, 5.41) is 18.6. The molecule has 2 aromatic heterocycles. The van der Waals surface area contributed by atoms with E-state index >= 15 is 0 Å². The topological polar surface area (TPSA) is 161 Å².